The molecule has 2 atom stereocenters. The van der Waals surface area contributed by atoms with Crippen molar-refractivity contribution in [3.8, 4) is 5.75 Å². The van der Waals surface area contributed by atoms with Gasteiger partial charge in [0, 0.05) is 31.7 Å². The van der Waals surface area contributed by atoms with Gasteiger partial charge in [-0.05, 0) is 30.4 Å². The fourth-order valence-electron chi connectivity index (χ4n) is 2.98. The number of rotatable bonds is 6. The molecule has 2 rings (SSSR count). The Kier molecular flexibility index (Phi) is 6.28. The number of likely N-dealkylation sites (tertiary alicyclic amines) is 1. The average molecular weight is 320 g/mol. The molecule has 1 aromatic carbocycles. The minimum Gasteiger partial charge on any atom is -0.496 e. The molecule has 1 saturated heterocycles. The van der Waals surface area contributed by atoms with Crippen molar-refractivity contribution in [2.24, 2.45) is 11.8 Å². The average Bonchev–Trinajstić information content (AvgIpc) is 3.03. The first-order chi connectivity index (χ1) is 11.0. The van der Waals surface area contributed by atoms with Crippen molar-refractivity contribution in [1.29, 1.82) is 0 Å². The zero-order valence-corrected chi connectivity index (χ0v) is 14.3. The molecule has 2 amide bonds. The van der Waals surface area contributed by atoms with Crippen molar-refractivity contribution in [2.75, 3.05) is 26.8 Å². The van der Waals surface area contributed by atoms with Crippen molar-refractivity contribution < 1.29 is 14.6 Å². The predicted octanol–water partition coefficient (Wildman–Crippen LogP) is 2.29. The minimum absolute atomic E-state index is 0.0328. The van der Waals surface area contributed by atoms with Gasteiger partial charge >= 0.3 is 6.03 Å². The number of hydrogen-bond acceptors (Lipinski definition) is 3. The van der Waals surface area contributed by atoms with Crippen LogP contribution in [0.5, 0.6) is 5.75 Å². The molecule has 1 fully saturated rings. The number of aliphatic hydroxyl groups is 1. The molecule has 1 heterocycles. The zero-order valence-electron chi connectivity index (χ0n) is 14.3. The number of ether oxygens (including phenoxy) is 1. The lowest BCUT2D eigenvalue weighted by Gasteiger charge is -2.26. The second kappa shape index (κ2) is 8.20. The summed E-state index contributed by atoms with van der Waals surface area (Å²) in [5, 5.41) is 12.4. The number of hydrogen-bond donors (Lipinski definition) is 2. The van der Waals surface area contributed by atoms with Gasteiger partial charge in [-0.15, -0.1) is 0 Å². The number of aliphatic hydroxyl groups excluding tert-OH is 1. The van der Waals surface area contributed by atoms with Gasteiger partial charge in [-0.3, -0.25) is 0 Å². The molecule has 5 nitrogen and oxygen atoms in total. The molecule has 2 unspecified atom stereocenters. The highest BCUT2D eigenvalue weighted by Crippen LogP contribution is 2.22. The van der Waals surface area contributed by atoms with E-state index in [2.05, 4.69) is 19.2 Å². The van der Waals surface area contributed by atoms with Crippen LogP contribution in [-0.4, -0.2) is 48.9 Å². The summed E-state index contributed by atoms with van der Waals surface area (Å²) in [6, 6.07) is 7.94. The number of methoxy groups -OCH3 is 1. The highest BCUT2D eigenvalue weighted by atomic mass is 16.5. The fraction of sp³-hybridized carbons (Fsp3) is 0.611. The Labute approximate surface area is 138 Å². The maximum Gasteiger partial charge on any atom is 0.317 e. The summed E-state index contributed by atoms with van der Waals surface area (Å²) < 4.78 is 5.41. The Morgan fingerprint density at radius 3 is 2.78 bits per heavy atom. The highest BCUT2D eigenvalue weighted by molar-refractivity contribution is 5.75. The van der Waals surface area contributed by atoms with Crippen molar-refractivity contribution >= 4 is 6.03 Å². The van der Waals surface area contributed by atoms with Crippen LogP contribution in [0.25, 0.3) is 0 Å². The number of carbonyl (C=O) groups excluding carboxylic acids is 1. The van der Waals surface area contributed by atoms with E-state index in [1.165, 1.54) is 0 Å². The van der Waals surface area contributed by atoms with E-state index in [1.807, 2.05) is 24.3 Å². The molecule has 0 radical (unpaired) electrons. The van der Waals surface area contributed by atoms with Gasteiger partial charge in [0.25, 0.3) is 0 Å². The van der Waals surface area contributed by atoms with Crippen molar-refractivity contribution in [2.45, 2.75) is 32.7 Å². The maximum absolute atomic E-state index is 12.5. The third-order valence-corrected chi connectivity index (χ3v) is 4.58. The summed E-state index contributed by atoms with van der Waals surface area (Å²) in [4.78, 5) is 14.3. The third-order valence-electron chi connectivity index (χ3n) is 4.58. The van der Waals surface area contributed by atoms with Gasteiger partial charge in [0.15, 0.2) is 0 Å². The van der Waals surface area contributed by atoms with Crippen LogP contribution in [0.15, 0.2) is 24.3 Å². The number of nitrogens with one attached hydrogen (secondary N) is 1. The molecule has 0 bridgehead atoms. The van der Waals surface area contributed by atoms with Gasteiger partial charge in [0.1, 0.15) is 5.75 Å². The van der Waals surface area contributed by atoms with Crippen LogP contribution in [0.3, 0.4) is 0 Å². The van der Waals surface area contributed by atoms with Crippen LogP contribution < -0.4 is 10.1 Å². The molecule has 5 heteroatoms. The first kappa shape index (κ1) is 17.6. The summed E-state index contributed by atoms with van der Waals surface area (Å²) in [6.45, 7) is 5.73. The maximum atomic E-state index is 12.5. The Morgan fingerprint density at radius 2 is 2.17 bits per heavy atom. The molecule has 0 aromatic heterocycles. The van der Waals surface area contributed by atoms with Crippen molar-refractivity contribution in [3.05, 3.63) is 29.8 Å². The van der Waals surface area contributed by atoms with Gasteiger partial charge in [-0.2, -0.15) is 0 Å². The Bertz CT molecular complexity index is 519. The van der Waals surface area contributed by atoms with Crippen LogP contribution in [0.1, 0.15) is 25.8 Å². The molecular weight excluding hydrogens is 292 g/mol. The molecular formula is C18H28N2O3. The first-order valence-electron chi connectivity index (χ1n) is 8.33. The van der Waals surface area contributed by atoms with E-state index in [0.717, 1.165) is 30.7 Å². The summed E-state index contributed by atoms with van der Waals surface area (Å²) in [5.74, 6) is 1.39. The Balaban J connectivity index is 2.00. The predicted molar refractivity (Wildman–Crippen MR) is 90.6 cm³/mol. The van der Waals surface area contributed by atoms with E-state index in [0.29, 0.717) is 12.5 Å². The van der Waals surface area contributed by atoms with E-state index >= 15 is 0 Å². The van der Waals surface area contributed by atoms with E-state index in [-0.39, 0.29) is 24.6 Å². The lowest BCUT2D eigenvalue weighted by molar-refractivity contribution is 0.191. The van der Waals surface area contributed by atoms with E-state index in [9.17, 15) is 9.90 Å². The van der Waals surface area contributed by atoms with Crippen LogP contribution in [0, 0.1) is 11.8 Å². The molecule has 1 aliphatic rings. The summed E-state index contributed by atoms with van der Waals surface area (Å²) in [6.07, 6.45) is 1.62. The molecule has 0 spiro atoms. The number of nitrogens with zero attached hydrogens (tertiary/aromatic N) is 1. The highest BCUT2D eigenvalue weighted by Gasteiger charge is 2.28. The van der Waals surface area contributed by atoms with E-state index in [4.69, 9.17) is 4.74 Å². The van der Waals surface area contributed by atoms with Gasteiger partial charge < -0.3 is 20.1 Å². The van der Waals surface area contributed by atoms with Gasteiger partial charge in [0.2, 0.25) is 0 Å². The number of urea groups is 1. The van der Waals surface area contributed by atoms with Crippen molar-refractivity contribution in [3.63, 3.8) is 0 Å². The second-order valence-corrected chi connectivity index (χ2v) is 6.60. The van der Waals surface area contributed by atoms with Gasteiger partial charge in [-0.1, -0.05) is 32.0 Å². The van der Waals surface area contributed by atoms with Gasteiger partial charge in [-0.25, -0.2) is 4.79 Å². The quantitative estimate of drug-likeness (QED) is 0.845. The third kappa shape index (κ3) is 4.61. The standard InChI is InChI=1S/C18H28N2O3/c1-13(2)16(10-15-6-4-5-7-17(15)23-3)19-18(22)20-9-8-14(11-20)12-21/h4-7,13-14,16,21H,8-12H2,1-3H3,(H,19,22). The molecule has 0 saturated carbocycles. The Morgan fingerprint density at radius 1 is 1.43 bits per heavy atom. The van der Waals surface area contributed by atoms with E-state index < -0.39 is 0 Å². The summed E-state index contributed by atoms with van der Waals surface area (Å²) in [5.41, 5.74) is 1.10. The second-order valence-electron chi connectivity index (χ2n) is 6.60. The number of amides is 2. The van der Waals surface area contributed by atoms with Gasteiger partial charge in [0.05, 0.1) is 7.11 Å². The fourth-order valence-corrected chi connectivity index (χ4v) is 2.98. The largest absolute Gasteiger partial charge is 0.496 e. The number of para-hydroxylation sites is 1. The van der Waals surface area contributed by atoms with Crippen LogP contribution in [0.4, 0.5) is 4.79 Å². The summed E-state index contributed by atoms with van der Waals surface area (Å²) >= 11 is 0. The van der Waals surface area contributed by atoms with Crippen LogP contribution >= 0.6 is 0 Å². The summed E-state index contributed by atoms with van der Waals surface area (Å²) in [7, 11) is 1.67. The van der Waals surface area contributed by atoms with E-state index in [1.54, 1.807) is 12.0 Å². The normalized spacial score (nSPS) is 19.0. The monoisotopic (exact) mass is 320 g/mol. The first-order valence-corrected chi connectivity index (χ1v) is 8.33. The lowest BCUT2D eigenvalue weighted by atomic mass is 9.96. The van der Waals surface area contributed by atoms with Crippen LogP contribution in [-0.2, 0) is 6.42 Å². The van der Waals surface area contributed by atoms with Crippen molar-refractivity contribution in [1.82, 2.24) is 10.2 Å². The lowest BCUT2D eigenvalue weighted by Crippen LogP contribution is -2.47. The number of carbonyl (C=O) groups is 1. The smallest absolute Gasteiger partial charge is 0.317 e. The Hall–Kier alpha value is -1.75. The molecule has 1 aromatic rings. The molecule has 2 N–H and O–H groups in total. The number of benzene rings is 1. The topological polar surface area (TPSA) is 61.8 Å². The minimum atomic E-state index is -0.0328. The molecule has 1 aliphatic heterocycles. The molecule has 0 aliphatic carbocycles. The molecule has 128 valence electrons. The molecule has 23 heavy (non-hydrogen) atoms. The van der Waals surface area contributed by atoms with Crippen LogP contribution in [0.2, 0.25) is 0 Å². The SMILES string of the molecule is COc1ccccc1CC(NC(=O)N1CCC(CO)C1)C(C)C. The zero-order chi connectivity index (χ0) is 16.8.